The maximum atomic E-state index is 14.0. The van der Waals surface area contributed by atoms with E-state index in [0.717, 1.165) is 0 Å². The number of aryl methyl sites for hydroxylation is 1. The van der Waals surface area contributed by atoms with Gasteiger partial charge in [0, 0.05) is 56.2 Å². The highest BCUT2D eigenvalue weighted by atomic mass is 19.1. The van der Waals surface area contributed by atoms with Crippen molar-refractivity contribution in [2.45, 2.75) is 45.8 Å². The molecule has 0 saturated carbocycles. The molecule has 0 bridgehead atoms. The van der Waals surface area contributed by atoms with Crippen LogP contribution in [0.3, 0.4) is 0 Å². The topological polar surface area (TPSA) is 66.7 Å². The van der Waals surface area contributed by atoms with Gasteiger partial charge in [-0.05, 0) is 26.0 Å². The number of hydrogen-bond acceptors (Lipinski definition) is 5. The van der Waals surface area contributed by atoms with Gasteiger partial charge in [0.2, 0.25) is 5.91 Å². The van der Waals surface area contributed by atoms with Crippen LogP contribution in [0, 0.1) is 12.8 Å². The summed E-state index contributed by atoms with van der Waals surface area (Å²) in [6, 6.07) is 1.47. The van der Waals surface area contributed by atoms with Crippen LogP contribution >= 0.6 is 0 Å². The van der Waals surface area contributed by atoms with Crippen LogP contribution in [-0.2, 0) is 4.79 Å². The third-order valence-corrected chi connectivity index (χ3v) is 5.32. The summed E-state index contributed by atoms with van der Waals surface area (Å²) in [6.07, 6.45) is 1.64. The number of hydrogen-bond donors (Lipinski definition) is 0. The number of nitrogens with zero attached hydrogens (tertiary/aromatic N) is 3. The van der Waals surface area contributed by atoms with Crippen molar-refractivity contribution < 1.29 is 22.9 Å². The molecule has 0 aromatic carbocycles. The first kappa shape index (κ1) is 20.2. The number of piperazine rings is 1. The zero-order valence-corrected chi connectivity index (χ0v) is 16.3. The van der Waals surface area contributed by atoms with Gasteiger partial charge in [-0.3, -0.25) is 9.59 Å². The molecule has 1 fully saturated rings. The van der Waals surface area contributed by atoms with Gasteiger partial charge >= 0.3 is 0 Å². The van der Waals surface area contributed by atoms with E-state index in [0.29, 0.717) is 31.1 Å². The molecule has 1 amide bonds. The van der Waals surface area contributed by atoms with E-state index in [4.69, 9.17) is 4.52 Å². The highest BCUT2D eigenvalue weighted by Gasteiger charge is 2.31. The molecule has 0 radical (unpaired) electrons. The Hall–Kier alpha value is -2.51. The van der Waals surface area contributed by atoms with Crippen LogP contribution in [-0.4, -0.2) is 58.5 Å². The van der Waals surface area contributed by atoms with Crippen molar-refractivity contribution in [3.8, 4) is 0 Å². The monoisotopic (exact) mass is 393 g/mol. The van der Waals surface area contributed by atoms with Crippen molar-refractivity contribution >= 4 is 11.7 Å². The Labute approximate surface area is 162 Å². The maximum Gasteiger partial charge on any atom is 0.223 e. The quantitative estimate of drug-likeness (QED) is 0.719. The number of aromatic nitrogens is 1. The Bertz CT molecular complexity index is 817. The molecule has 0 N–H and O–H groups in total. The van der Waals surface area contributed by atoms with Crippen molar-refractivity contribution in [1.29, 1.82) is 0 Å². The largest absolute Gasteiger partial charge is 0.365 e. The van der Waals surface area contributed by atoms with Crippen LogP contribution in [0.15, 0.2) is 34.3 Å². The number of alkyl halides is 1. The van der Waals surface area contributed by atoms with Crippen LogP contribution in [0.2, 0.25) is 0 Å². The number of carbonyl (C=O) groups excluding carboxylic acids is 2. The van der Waals surface area contributed by atoms with Gasteiger partial charge in [-0.25, -0.2) is 8.78 Å². The molecule has 152 valence electrons. The fraction of sp³-hybridized carbons (Fsp3) is 0.550. The number of allylic oxidation sites excluding steroid dienone is 3. The maximum absolute atomic E-state index is 14.0. The fourth-order valence-electron chi connectivity index (χ4n) is 3.53. The lowest BCUT2D eigenvalue weighted by molar-refractivity contribution is -0.133. The summed E-state index contributed by atoms with van der Waals surface area (Å²) < 4.78 is 32.8. The van der Waals surface area contributed by atoms with Crippen molar-refractivity contribution in [3.05, 3.63) is 41.2 Å². The summed E-state index contributed by atoms with van der Waals surface area (Å²) in [4.78, 5) is 28.2. The van der Waals surface area contributed by atoms with Gasteiger partial charge in [-0.2, -0.15) is 0 Å². The summed E-state index contributed by atoms with van der Waals surface area (Å²) in [6.45, 7) is 6.51. The predicted molar refractivity (Wildman–Crippen MR) is 98.9 cm³/mol. The lowest BCUT2D eigenvalue weighted by Crippen LogP contribution is -2.53. The van der Waals surface area contributed by atoms with E-state index in [2.05, 4.69) is 5.16 Å². The molecular formula is C20H25F2N3O3. The Morgan fingerprint density at radius 1 is 1.29 bits per heavy atom. The van der Waals surface area contributed by atoms with Gasteiger partial charge in [0.05, 0.1) is 0 Å². The van der Waals surface area contributed by atoms with Crippen molar-refractivity contribution in [2.24, 2.45) is 5.92 Å². The lowest BCUT2D eigenvalue weighted by atomic mass is 9.96. The zero-order chi connectivity index (χ0) is 20.4. The Balaban J connectivity index is 1.54. The molecule has 2 unspecified atom stereocenters. The van der Waals surface area contributed by atoms with E-state index in [-0.39, 0.29) is 36.3 Å². The number of carbonyl (C=O) groups is 2. The minimum Gasteiger partial charge on any atom is -0.365 e. The van der Waals surface area contributed by atoms with E-state index in [1.54, 1.807) is 17.9 Å². The number of Topliss-reactive ketones (excluding diaryl/α,β-unsaturated/α-hetero) is 1. The average molecular weight is 393 g/mol. The first-order chi connectivity index (χ1) is 13.3. The molecule has 6 nitrogen and oxygen atoms in total. The normalized spacial score (nSPS) is 25.4. The number of ketones is 1. The average Bonchev–Trinajstić information content (AvgIpc) is 3.10. The molecule has 2 heterocycles. The van der Waals surface area contributed by atoms with Crippen LogP contribution in [0.1, 0.15) is 42.9 Å². The zero-order valence-electron chi connectivity index (χ0n) is 16.3. The molecule has 0 spiro atoms. The standard InChI is InChI=1S/C20H25F2N3O3/c1-12-11-24(20(27)5-4-19(26)18-8-13(2)28-23-18)6-7-25(12)15-9-16(21)14(3)17(22)10-15/h8-10,12,14,16H,4-7,11H2,1-3H3/t12-,14?,16?/m0/s1. The van der Waals surface area contributed by atoms with Crippen LogP contribution in [0.5, 0.6) is 0 Å². The Morgan fingerprint density at radius 2 is 2.04 bits per heavy atom. The second kappa shape index (κ2) is 8.24. The van der Waals surface area contributed by atoms with Gasteiger partial charge in [0.15, 0.2) is 5.78 Å². The van der Waals surface area contributed by atoms with Crippen molar-refractivity contribution in [1.82, 2.24) is 15.0 Å². The predicted octanol–water partition coefficient (Wildman–Crippen LogP) is 3.20. The first-order valence-corrected chi connectivity index (χ1v) is 9.50. The number of halogens is 2. The molecule has 1 aliphatic carbocycles. The first-order valence-electron chi connectivity index (χ1n) is 9.50. The molecule has 28 heavy (non-hydrogen) atoms. The molecule has 1 aliphatic heterocycles. The van der Waals surface area contributed by atoms with Gasteiger partial charge < -0.3 is 14.3 Å². The van der Waals surface area contributed by atoms with Crippen molar-refractivity contribution in [2.75, 3.05) is 19.6 Å². The summed E-state index contributed by atoms with van der Waals surface area (Å²) in [5.41, 5.74) is 0.760. The van der Waals surface area contributed by atoms with E-state index in [9.17, 15) is 18.4 Å². The molecule has 1 saturated heterocycles. The smallest absolute Gasteiger partial charge is 0.223 e. The van der Waals surface area contributed by atoms with Crippen LogP contribution in [0.4, 0.5) is 8.78 Å². The van der Waals surface area contributed by atoms with Crippen LogP contribution < -0.4 is 0 Å². The molecule has 3 atom stereocenters. The van der Waals surface area contributed by atoms with Gasteiger partial charge in [0.25, 0.3) is 0 Å². The SMILES string of the molecule is Cc1cc(C(=O)CCC(=O)N2CCN(C3=CC(F)C(C)C(F)=C3)[C@@H](C)C2)no1. The molecule has 2 aliphatic rings. The van der Waals surface area contributed by atoms with Gasteiger partial charge in [-0.15, -0.1) is 0 Å². The third kappa shape index (κ3) is 4.31. The molecule has 1 aromatic rings. The van der Waals surface area contributed by atoms with E-state index >= 15 is 0 Å². The van der Waals surface area contributed by atoms with E-state index in [1.807, 2.05) is 11.8 Å². The summed E-state index contributed by atoms with van der Waals surface area (Å²) in [5.74, 6) is -1.01. The van der Waals surface area contributed by atoms with Gasteiger partial charge in [-0.1, -0.05) is 12.1 Å². The highest BCUT2D eigenvalue weighted by molar-refractivity contribution is 5.96. The number of amides is 1. The highest BCUT2D eigenvalue weighted by Crippen LogP contribution is 2.30. The number of rotatable bonds is 5. The van der Waals surface area contributed by atoms with E-state index < -0.39 is 17.9 Å². The summed E-state index contributed by atoms with van der Waals surface area (Å²) in [7, 11) is 0. The molecule has 8 heteroatoms. The Morgan fingerprint density at radius 3 is 2.64 bits per heavy atom. The Kier molecular flexibility index (Phi) is 5.96. The van der Waals surface area contributed by atoms with Crippen molar-refractivity contribution in [3.63, 3.8) is 0 Å². The minimum absolute atomic E-state index is 0.0694. The minimum atomic E-state index is -1.35. The lowest BCUT2D eigenvalue weighted by Gasteiger charge is -2.42. The van der Waals surface area contributed by atoms with Gasteiger partial charge in [0.1, 0.15) is 23.5 Å². The molecular weight excluding hydrogens is 368 g/mol. The second-order valence-corrected chi connectivity index (χ2v) is 7.48. The fourth-order valence-corrected chi connectivity index (χ4v) is 3.53. The third-order valence-electron chi connectivity index (χ3n) is 5.32. The van der Waals surface area contributed by atoms with E-state index in [1.165, 1.54) is 19.1 Å². The molecule has 1 aromatic heterocycles. The summed E-state index contributed by atoms with van der Waals surface area (Å²) in [5, 5.41) is 3.67. The second-order valence-electron chi connectivity index (χ2n) is 7.48. The van der Waals surface area contributed by atoms with Crippen LogP contribution in [0.25, 0.3) is 0 Å². The molecule has 3 rings (SSSR count). The summed E-state index contributed by atoms with van der Waals surface area (Å²) >= 11 is 0.